The number of nitrogens with zero attached hydrogens (tertiary/aromatic N) is 2. The van der Waals surface area contributed by atoms with Gasteiger partial charge in [-0.15, -0.1) is 0 Å². The molecule has 0 spiro atoms. The van der Waals surface area contributed by atoms with E-state index in [1.807, 2.05) is 24.3 Å². The van der Waals surface area contributed by atoms with Gasteiger partial charge in [-0.1, -0.05) is 194 Å². The van der Waals surface area contributed by atoms with E-state index in [2.05, 4.69) is 182 Å². The van der Waals surface area contributed by atoms with Gasteiger partial charge in [0.05, 0.1) is 11.4 Å². The van der Waals surface area contributed by atoms with Gasteiger partial charge in [-0.25, -0.2) is 9.97 Å². The minimum atomic E-state index is 0.710. The first-order valence-corrected chi connectivity index (χ1v) is 19.9. The van der Waals surface area contributed by atoms with Crippen LogP contribution in [0.25, 0.3) is 120 Å². The van der Waals surface area contributed by atoms with E-state index in [-0.39, 0.29) is 0 Å². The lowest BCUT2D eigenvalue weighted by Crippen LogP contribution is -1.98. The molecule has 0 saturated carbocycles. The summed E-state index contributed by atoms with van der Waals surface area (Å²) in [7, 11) is 0. The highest BCUT2D eigenvalue weighted by Crippen LogP contribution is 2.46. The molecule has 0 bridgehead atoms. The number of hydrogen-bond donors (Lipinski definition) is 0. The van der Waals surface area contributed by atoms with E-state index in [4.69, 9.17) is 9.97 Å². The Bertz CT molecular complexity index is 3490. The summed E-state index contributed by atoms with van der Waals surface area (Å²) in [5.41, 5.74) is 7.36. The largest absolute Gasteiger partial charge is 0.228 e. The second kappa shape index (κ2) is 12.9. The Morgan fingerprint density at radius 1 is 0.241 bits per heavy atom. The number of aromatic nitrogens is 2. The summed E-state index contributed by atoms with van der Waals surface area (Å²) < 4.78 is 0. The van der Waals surface area contributed by atoms with Crippen molar-refractivity contribution in [2.45, 2.75) is 0 Å². The van der Waals surface area contributed by atoms with Gasteiger partial charge in [-0.2, -0.15) is 0 Å². The minimum absolute atomic E-state index is 0.710. The Labute approximate surface area is 335 Å². The molecule has 0 unspecified atom stereocenters. The zero-order valence-corrected chi connectivity index (χ0v) is 31.5. The van der Waals surface area contributed by atoms with Gasteiger partial charge >= 0.3 is 0 Å². The third-order valence-electron chi connectivity index (χ3n) is 12.0. The van der Waals surface area contributed by atoms with Crippen molar-refractivity contribution in [3.8, 4) is 45.0 Å². The van der Waals surface area contributed by atoms with Crippen LogP contribution in [0.5, 0.6) is 0 Å². The second-order valence-electron chi connectivity index (χ2n) is 15.2. The van der Waals surface area contributed by atoms with Crippen LogP contribution in [0.15, 0.2) is 206 Å². The molecule has 0 N–H and O–H groups in total. The molecule has 11 aromatic carbocycles. The lowest BCUT2D eigenvalue weighted by Gasteiger charge is -2.19. The molecule has 2 heteroatoms. The fraction of sp³-hybridized carbons (Fsp3) is 0. The molecular weight excluding hydrogens is 701 g/mol. The van der Waals surface area contributed by atoms with Crippen LogP contribution in [0.3, 0.4) is 0 Å². The van der Waals surface area contributed by atoms with Crippen molar-refractivity contribution in [1.29, 1.82) is 0 Å². The molecule has 0 aliphatic heterocycles. The summed E-state index contributed by atoms with van der Waals surface area (Å²) >= 11 is 0. The van der Waals surface area contributed by atoms with Crippen LogP contribution < -0.4 is 0 Å². The van der Waals surface area contributed by atoms with Crippen molar-refractivity contribution in [3.05, 3.63) is 206 Å². The van der Waals surface area contributed by atoms with Crippen molar-refractivity contribution in [2.75, 3.05) is 0 Å². The van der Waals surface area contributed by atoms with Gasteiger partial charge in [-0.05, 0) is 98.7 Å². The van der Waals surface area contributed by atoms with Gasteiger partial charge in [0.15, 0.2) is 5.82 Å². The number of rotatable bonds is 4. The zero-order chi connectivity index (χ0) is 38.2. The smallest absolute Gasteiger partial charge is 0.160 e. The van der Waals surface area contributed by atoms with Crippen LogP contribution in [-0.2, 0) is 0 Å². The normalized spacial score (nSPS) is 11.8. The summed E-state index contributed by atoms with van der Waals surface area (Å²) in [6, 6.07) is 74.7. The van der Waals surface area contributed by atoms with E-state index in [9.17, 15) is 0 Å². The van der Waals surface area contributed by atoms with Crippen LogP contribution in [-0.4, -0.2) is 9.97 Å². The molecule has 58 heavy (non-hydrogen) atoms. The molecule has 0 saturated heterocycles. The van der Waals surface area contributed by atoms with Gasteiger partial charge < -0.3 is 0 Å². The maximum absolute atomic E-state index is 5.35. The van der Waals surface area contributed by atoms with Crippen molar-refractivity contribution < 1.29 is 0 Å². The first-order chi connectivity index (χ1) is 28.8. The predicted octanol–water partition coefficient (Wildman–Crippen LogP) is 15.2. The van der Waals surface area contributed by atoms with Crippen molar-refractivity contribution >= 4 is 75.4 Å². The number of fused-ring (bicyclic) bond motifs is 7. The van der Waals surface area contributed by atoms with Crippen LogP contribution in [0.4, 0.5) is 0 Å². The predicted molar refractivity (Wildman–Crippen MR) is 246 cm³/mol. The monoisotopic (exact) mass is 734 g/mol. The maximum Gasteiger partial charge on any atom is 0.160 e. The summed E-state index contributed by atoms with van der Waals surface area (Å²) in [5.74, 6) is 0.710. The first-order valence-electron chi connectivity index (χ1n) is 19.9. The molecule has 1 heterocycles. The average molecular weight is 735 g/mol. The number of hydrogen-bond acceptors (Lipinski definition) is 2. The Morgan fingerprint density at radius 3 is 1.28 bits per heavy atom. The van der Waals surface area contributed by atoms with Crippen molar-refractivity contribution in [3.63, 3.8) is 0 Å². The topological polar surface area (TPSA) is 25.8 Å². The lowest BCUT2D eigenvalue weighted by atomic mass is 9.85. The Kier molecular flexibility index (Phi) is 7.26. The summed E-state index contributed by atoms with van der Waals surface area (Å²) in [6.45, 7) is 0. The molecule has 268 valence electrons. The molecule has 0 fully saturated rings. The molecule has 0 radical (unpaired) electrons. The van der Waals surface area contributed by atoms with Gasteiger partial charge in [0.25, 0.3) is 0 Å². The summed E-state index contributed by atoms with van der Waals surface area (Å²) in [5, 5.41) is 17.4. The van der Waals surface area contributed by atoms with Gasteiger partial charge in [0, 0.05) is 16.7 Å². The van der Waals surface area contributed by atoms with Gasteiger partial charge in [0.2, 0.25) is 0 Å². The van der Waals surface area contributed by atoms with Gasteiger partial charge in [-0.3, -0.25) is 0 Å². The molecule has 12 aromatic rings. The standard InChI is InChI=1S/C56H34N2/c1-3-15-35(16-4-1)50-34-51(58-56(57-50)38-17-5-2-6-18-38)55-47-25-11-9-23-45(47)52(46-24-10-12-26-48(46)55)39-31-32-42-44-28-14-20-37-30-29-36-19-13-27-43(53(36)54(37)44)40-21-7-8-22-41(40)49(42)33-39/h1-34H. The zero-order valence-electron chi connectivity index (χ0n) is 31.5. The van der Waals surface area contributed by atoms with E-state index < -0.39 is 0 Å². The average Bonchev–Trinajstić information content (AvgIpc) is 3.30. The van der Waals surface area contributed by atoms with E-state index >= 15 is 0 Å². The maximum atomic E-state index is 5.35. The SMILES string of the molecule is c1ccc(-c2cc(-c3c4ccccc4c(-c4ccc5c(c4)c4ccccc4c4cccc6ccc7cccc5c7c64)c4ccccc34)nc(-c3ccccc3)n2)cc1. The molecule has 0 amide bonds. The fourth-order valence-corrected chi connectivity index (χ4v) is 9.48. The highest BCUT2D eigenvalue weighted by atomic mass is 14.9. The fourth-order valence-electron chi connectivity index (χ4n) is 9.48. The number of benzene rings is 10. The molecule has 0 aliphatic carbocycles. The summed E-state index contributed by atoms with van der Waals surface area (Å²) in [6.07, 6.45) is 0. The third-order valence-corrected chi connectivity index (χ3v) is 12.0. The Hall–Kier alpha value is -7.68. The third kappa shape index (κ3) is 4.99. The highest BCUT2D eigenvalue weighted by molar-refractivity contribution is 6.33. The molecule has 0 aliphatic rings. The van der Waals surface area contributed by atoms with Crippen molar-refractivity contribution in [2.24, 2.45) is 0 Å². The van der Waals surface area contributed by atoms with Crippen LogP contribution in [0.2, 0.25) is 0 Å². The molecular formula is C56H34N2. The Balaban J connectivity index is 1.19. The van der Waals surface area contributed by atoms with Crippen LogP contribution >= 0.6 is 0 Å². The molecule has 2 nitrogen and oxygen atoms in total. The van der Waals surface area contributed by atoms with E-state index in [1.54, 1.807) is 0 Å². The molecule has 1 aromatic heterocycles. The Morgan fingerprint density at radius 2 is 0.690 bits per heavy atom. The summed E-state index contributed by atoms with van der Waals surface area (Å²) in [4.78, 5) is 10.5. The van der Waals surface area contributed by atoms with Crippen molar-refractivity contribution in [1.82, 2.24) is 9.97 Å². The minimum Gasteiger partial charge on any atom is -0.228 e. The van der Waals surface area contributed by atoms with E-state index in [0.717, 1.165) is 38.9 Å². The molecule has 12 rings (SSSR count). The van der Waals surface area contributed by atoms with E-state index in [1.165, 1.54) is 75.8 Å². The van der Waals surface area contributed by atoms with E-state index in [0.29, 0.717) is 5.82 Å². The highest BCUT2D eigenvalue weighted by Gasteiger charge is 2.20. The first kappa shape index (κ1) is 32.6. The van der Waals surface area contributed by atoms with Crippen LogP contribution in [0, 0.1) is 0 Å². The molecule has 0 atom stereocenters. The second-order valence-corrected chi connectivity index (χ2v) is 15.2. The lowest BCUT2D eigenvalue weighted by molar-refractivity contribution is 1.19. The van der Waals surface area contributed by atoms with Gasteiger partial charge in [0.1, 0.15) is 0 Å². The van der Waals surface area contributed by atoms with Crippen LogP contribution in [0.1, 0.15) is 0 Å². The quantitative estimate of drug-likeness (QED) is 0.133.